The van der Waals surface area contributed by atoms with E-state index in [9.17, 15) is 4.39 Å². The summed E-state index contributed by atoms with van der Waals surface area (Å²) in [5.41, 5.74) is 1.50. The summed E-state index contributed by atoms with van der Waals surface area (Å²) in [7, 11) is 0. The average molecular weight is 202 g/mol. The summed E-state index contributed by atoms with van der Waals surface area (Å²) < 4.78 is 13.4. The van der Waals surface area contributed by atoms with Crippen LogP contribution in [-0.4, -0.2) is 9.97 Å². The molecule has 0 aliphatic carbocycles. The number of rotatable bonds is 2. The molecule has 2 aromatic rings. The fourth-order valence-corrected chi connectivity index (χ4v) is 1.32. The van der Waals surface area contributed by atoms with Gasteiger partial charge in [-0.05, 0) is 24.1 Å². The Morgan fingerprint density at radius 3 is 2.40 bits per heavy atom. The zero-order valence-electron chi connectivity index (χ0n) is 8.44. The van der Waals surface area contributed by atoms with E-state index in [1.54, 1.807) is 30.6 Å². The third-order valence-corrected chi connectivity index (χ3v) is 2.23. The van der Waals surface area contributed by atoms with Crippen LogP contribution in [0.25, 0.3) is 11.4 Å². The Bertz CT molecular complexity index is 451. The molecule has 0 N–H and O–H groups in total. The van der Waals surface area contributed by atoms with Gasteiger partial charge < -0.3 is 0 Å². The maximum Gasteiger partial charge on any atom is 0.162 e. The van der Waals surface area contributed by atoms with Gasteiger partial charge in [-0.3, -0.25) is 0 Å². The lowest BCUT2D eigenvalue weighted by Crippen LogP contribution is -1.93. The van der Waals surface area contributed by atoms with Crippen molar-refractivity contribution >= 4 is 0 Å². The van der Waals surface area contributed by atoms with E-state index in [0.717, 1.165) is 12.0 Å². The molecule has 0 aliphatic rings. The van der Waals surface area contributed by atoms with Crippen molar-refractivity contribution in [2.24, 2.45) is 0 Å². The molecule has 0 spiro atoms. The van der Waals surface area contributed by atoms with Gasteiger partial charge in [-0.2, -0.15) is 0 Å². The fraction of sp³-hybridized carbons (Fsp3) is 0.167. The lowest BCUT2D eigenvalue weighted by Gasteiger charge is -2.01. The van der Waals surface area contributed by atoms with Gasteiger partial charge in [0.25, 0.3) is 0 Å². The van der Waals surface area contributed by atoms with Crippen molar-refractivity contribution in [3.8, 4) is 11.4 Å². The first kappa shape index (κ1) is 9.77. The highest BCUT2D eigenvalue weighted by Crippen LogP contribution is 2.17. The van der Waals surface area contributed by atoms with E-state index in [0.29, 0.717) is 11.4 Å². The summed E-state index contributed by atoms with van der Waals surface area (Å²) in [5.74, 6) is 0.145. The van der Waals surface area contributed by atoms with Crippen LogP contribution >= 0.6 is 0 Å². The minimum Gasteiger partial charge on any atom is -0.236 e. The maximum absolute atomic E-state index is 13.4. The summed E-state index contributed by atoms with van der Waals surface area (Å²) in [6, 6.07) is 6.51. The molecule has 0 unspecified atom stereocenters. The minimum absolute atomic E-state index is 0.290. The van der Waals surface area contributed by atoms with Gasteiger partial charge in [0.1, 0.15) is 5.82 Å². The van der Waals surface area contributed by atoms with Gasteiger partial charge in [-0.15, -0.1) is 0 Å². The SMILES string of the molecule is CCc1cnc(-c2ccccc2F)nc1. The van der Waals surface area contributed by atoms with E-state index in [1.807, 2.05) is 6.92 Å². The molecule has 0 radical (unpaired) electrons. The molecular weight excluding hydrogens is 191 g/mol. The Morgan fingerprint density at radius 2 is 1.80 bits per heavy atom. The second kappa shape index (κ2) is 4.17. The second-order valence-corrected chi connectivity index (χ2v) is 3.25. The maximum atomic E-state index is 13.4. The molecular formula is C12H11FN2. The lowest BCUT2D eigenvalue weighted by atomic mass is 10.2. The Labute approximate surface area is 87.8 Å². The highest BCUT2D eigenvalue weighted by Gasteiger charge is 2.05. The standard InChI is InChI=1S/C12H11FN2/c1-2-9-7-14-12(15-8-9)10-5-3-4-6-11(10)13/h3-8H,2H2,1H3. The third kappa shape index (κ3) is 2.01. The van der Waals surface area contributed by atoms with Gasteiger partial charge in [0.05, 0.1) is 5.56 Å². The van der Waals surface area contributed by atoms with Gasteiger partial charge in [0, 0.05) is 12.4 Å². The van der Waals surface area contributed by atoms with E-state index >= 15 is 0 Å². The van der Waals surface area contributed by atoms with Crippen molar-refractivity contribution in [2.75, 3.05) is 0 Å². The summed E-state index contributed by atoms with van der Waals surface area (Å²) in [5, 5.41) is 0. The van der Waals surface area contributed by atoms with Crippen molar-refractivity contribution in [3.05, 3.63) is 48.0 Å². The Balaban J connectivity index is 2.42. The highest BCUT2D eigenvalue weighted by atomic mass is 19.1. The van der Waals surface area contributed by atoms with E-state index < -0.39 is 0 Å². The smallest absolute Gasteiger partial charge is 0.162 e. The van der Waals surface area contributed by atoms with Crippen LogP contribution in [0.15, 0.2) is 36.7 Å². The highest BCUT2D eigenvalue weighted by molar-refractivity contribution is 5.55. The Hall–Kier alpha value is -1.77. The number of nitrogens with zero attached hydrogens (tertiary/aromatic N) is 2. The lowest BCUT2D eigenvalue weighted by molar-refractivity contribution is 0.630. The molecule has 0 fully saturated rings. The predicted octanol–water partition coefficient (Wildman–Crippen LogP) is 2.85. The third-order valence-electron chi connectivity index (χ3n) is 2.23. The average Bonchev–Trinajstić information content (AvgIpc) is 2.30. The quantitative estimate of drug-likeness (QED) is 0.748. The molecule has 0 atom stereocenters. The van der Waals surface area contributed by atoms with E-state index in [4.69, 9.17) is 0 Å². The van der Waals surface area contributed by atoms with E-state index in [-0.39, 0.29) is 5.82 Å². The van der Waals surface area contributed by atoms with Crippen molar-refractivity contribution in [2.45, 2.75) is 13.3 Å². The monoisotopic (exact) mass is 202 g/mol. The number of hydrogen-bond acceptors (Lipinski definition) is 2. The van der Waals surface area contributed by atoms with Crippen LogP contribution in [0, 0.1) is 5.82 Å². The van der Waals surface area contributed by atoms with Gasteiger partial charge in [-0.1, -0.05) is 19.1 Å². The van der Waals surface area contributed by atoms with Crippen molar-refractivity contribution in [1.29, 1.82) is 0 Å². The van der Waals surface area contributed by atoms with Gasteiger partial charge in [0.15, 0.2) is 5.82 Å². The summed E-state index contributed by atoms with van der Waals surface area (Å²) in [6.07, 6.45) is 4.35. The fourth-order valence-electron chi connectivity index (χ4n) is 1.32. The molecule has 3 heteroatoms. The van der Waals surface area contributed by atoms with Gasteiger partial charge in [-0.25, -0.2) is 14.4 Å². The van der Waals surface area contributed by atoms with Crippen LogP contribution in [0.5, 0.6) is 0 Å². The second-order valence-electron chi connectivity index (χ2n) is 3.25. The Kier molecular flexibility index (Phi) is 2.72. The number of benzene rings is 1. The van der Waals surface area contributed by atoms with Crippen LogP contribution in [0.2, 0.25) is 0 Å². The largest absolute Gasteiger partial charge is 0.236 e. The van der Waals surface area contributed by atoms with E-state index in [2.05, 4.69) is 9.97 Å². The van der Waals surface area contributed by atoms with Crippen molar-refractivity contribution in [1.82, 2.24) is 9.97 Å². The summed E-state index contributed by atoms with van der Waals surface area (Å²) in [4.78, 5) is 8.26. The molecule has 0 amide bonds. The number of halogens is 1. The number of aryl methyl sites for hydroxylation is 1. The van der Waals surface area contributed by atoms with Crippen LogP contribution in [0.1, 0.15) is 12.5 Å². The normalized spacial score (nSPS) is 10.3. The van der Waals surface area contributed by atoms with E-state index in [1.165, 1.54) is 6.07 Å². The molecule has 15 heavy (non-hydrogen) atoms. The number of aromatic nitrogens is 2. The molecule has 76 valence electrons. The molecule has 1 heterocycles. The van der Waals surface area contributed by atoms with Crippen LogP contribution in [0.4, 0.5) is 4.39 Å². The van der Waals surface area contributed by atoms with Gasteiger partial charge >= 0.3 is 0 Å². The van der Waals surface area contributed by atoms with Crippen molar-refractivity contribution in [3.63, 3.8) is 0 Å². The Morgan fingerprint density at radius 1 is 1.13 bits per heavy atom. The topological polar surface area (TPSA) is 25.8 Å². The predicted molar refractivity (Wildman–Crippen MR) is 56.8 cm³/mol. The summed E-state index contributed by atoms with van der Waals surface area (Å²) >= 11 is 0. The van der Waals surface area contributed by atoms with Crippen LogP contribution in [0.3, 0.4) is 0 Å². The molecule has 1 aromatic heterocycles. The zero-order chi connectivity index (χ0) is 10.7. The first-order valence-corrected chi connectivity index (χ1v) is 4.87. The van der Waals surface area contributed by atoms with Crippen LogP contribution < -0.4 is 0 Å². The molecule has 0 bridgehead atoms. The summed E-state index contributed by atoms with van der Waals surface area (Å²) in [6.45, 7) is 2.03. The molecule has 2 nitrogen and oxygen atoms in total. The number of hydrogen-bond donors (Lipinski definition) is 0. The molecule has 0 saturated carbocycles. The van der Waals surface area contributed by atoms with Crippen molar-refractivity contribution < 1.29 is 4.39 Å². The minimum atomic E-state index is -0.290. The first-order chi connectivity index (χ1) is 7.31. The molecule has 2 rings (SSSR count). The first-order valence-electron chi connectivity index (χ1n) is 4.87. The molecule has 0 aliphatic heterocycles. The zero-order valence-corrected chi connectivity index (χ0v) is 8.44. The van der Waals surface area contributed by atoms with Crippen LogP contribution in [-0.2, 0) is 6.42 Å². The molecule has 0 saturated heterocycles. The molecule has 1 aromatic carbocycles. The van der Waals surface area contributed by atoms with Gasteiger partial charge in [0.2, 0.25) is 0 Å².